The van der Waals surface area contributed by atoms with Gasteiger partial charge in [0.1, 0.15) is 17.6 Å². The van der Waals surface area contributed by atoms with Gasteiger partial charge in [-0.15, -0.1) is 0 Å². The Labute approximate surface area is 94.5 Å². The highest BCUT2D eigenvalue weighted by atomic mass is 16.6. The molecule has 0 aliphatic carbocycles. The fourth-order valence-corrected chi connectivity index (χ4v) is 0.775. The number of aromatic hydroxyl groups is 2. The summed E-state index contributed by atoms with van der Waals surface area (Å²) >= 11 is 0. The van der Waals surface area contributed by atoms with Crippen molar-refractivity contribution in [2.45, 2.75) is 26.4 Å². The van der Waals surface area contributed by atoms with E-state index >= 15 is 0 Å². The number of carbonyl (C=O) groups excluding carboxylic acids is 1. The highest BCUT2D eigenvalue weighted by Gasteiger charge is 1.99. The van der Waals surface area contributed by atoms with E-state index in [1.54, 1.807) is 13.0 Å². The molecule has 0 heterocycles. The lowest BCUT2D eigenvalue weighted by Crippen LogP contribution is -2.19. The number of amides is 1. The van der Waals surface area contributed by atoms with E-state index in [-0.39, 0.29) is 17.6 Å². The number of ether oxygens (including phenoxy) is 1. The lowest BCUT2D eigenvalue weighted by atomic mass is 10.3. The number of phenols is 2. The summed E-state index contributed by atoms with van der Waals surface area (Å²) in [6, 6.07) is 5.85. The number of primary amides is 1. The molecule has 4 N–H and O–H groups in total. The van der Waals surface area contributed by atoms with Crippen molar-refractivity contribution in [1.29, 1.82) is 0 Å². The van der Waals surface area contributed by atoms with Crippen LogP contribution in [0.4, 0.5) is 4.79 Å². The Kier molecular flexibility index (Phi) is 6.51. The van der Waals surface area contributed by atoms with Gasteiger partial charge in [-0.3, -0.25) is 0 Å². The van der Waals surface area contributed by atoms with Crippen molar-refractivity contribution >= 4 is 6.09 Å². The van der Waals surface area contributed by atoms with Gasteiger partial charge in [0.05, 0.1) is 0 Å². The number of carbonyl (C=O) groups is 1. The minimum atomic E-state index is -0.695. The topological polar surface area (TPSA) is 92.8 Å². The Hall–Kier alpha value is -1.91. The maximum Gasteiger partial charge on any atom is 0.404 e. The fourth-order valence-electron chi connectivity index (χ4n) is 0.775. The second kappa shape index (κ2) is 7.39. The first-order chi connectivity index (χ1) is 7.45. The number of hydrogen-bond acceptors (Lipinski definition) is 4. The van der Waals surface area contributed by atoms with E-state index in [2.05, 4.69) is 4.74 Å². The van der Waals surface area contributed by atoms with Crippen molar-refractivity contribution < 1.29 is 19.7 Å². The van der Waals surface area contributed by atoms with E-state index in [0.29, 0.717) is 0 Å². The Morgan fingerprint density at radius 3 is 2.12 bits per heavy atom. The van der Waals surface area contributed by atoms with Crippen molar-refractivity contribution in [3.63, 3.8) is 0 Å². The van der Waals surface area contributed by atoms with E-state index in [1.165, 1.54) is 18.2 Å². The van der Waals surface area contributed by atoms with Crippen LogP contribution in [-0.4, -0.2) is 22.4 Å². The predicted octanol–water partition coefficient (Wildman–Crippen LogP) is 1.98. The smallest absolute Gasteiger partial charge is 0.404 e. The molecule has 0 bridgehead atoms. The van der Waals surface area contributed by atoms with Crippen LogP contribution in [0.5, 0.6) is 11.5 Å². The summed E-state index contributed by atoms with van der Waals surface area (Å²) < 4.78 is 4.54. The Morgan fingerprint density at radius 2 is 1.94 bits per heavy atom. The molecule has 5 heteroatoms. The van der Waals surface area contributed by atoms with Gasteiger partial charge >= 0.3 is 6.09 Å². The van der Waals surface area contributed by atoms with Crippen LogP contribution in [0.25, 0.3) is 0 Å². The van der Waals surface area contributed by atoms with Crippen LogP contribution in [-0.2, 0) is 4.74 Å². The Morgan fingerprint density at radius 1 is 1.44 bits per heavy atom. The highest BCUT2D eigenvalue weighted by molar-refractivity contribution is 5.64. The van der Waals surface area contributed by atoms with Gasteiger partial charge in [0.25, 0.3) is 0 Å². The molecule has 0 aromatic heterocycles. The average molecular weight is 227 g/mol. The van der Waals surface area contributed by atoms with Crippen LogP contribution in [0.15, 0.2) is 24.3 Å². The van der Waals surface area contributed by atoms with Gasteiger partial charge in [-0.2, -0.15) is 0 Å². The molecule has 1 aromatic rings. The van der Waals surface area contributed by atoms with Gasteiger partial charge in [-0.05, 0) is 25.5 Å². The van der Waals surface area contributed by atoms with Crippen LogP contribution >= 0.6 is 0 Å². The lowest BCUT2D eigenvalue weighted by molar-refractivity contribution is 0.114. The third-order valence-electron chi connectivity index (χ3n) is 1.72. The molecular formula is C11H17NO4. The first-order valence-corrected chi connectivity index (χ1v) is 4.89. The molecule has 90 valence electrons. The van der Waals surface area contributed by atoms with Crippen molar-refractivity contribution in [2.24, 2.45) is 5.73 Å². The van der Waals surface area contributed by atoms with Crippen LogP contribution in [0.2, 0.25) is 0 Å². The predicted molar refractivity (Wildman–Crippen MR) is 60.2 cm³/mol. The molecule has 0 spiro atoms. The lowest BCUT2D eigenvalue weighted by Gasteiger charge is -2.06. The number of hydrogen-bond donors (Lipinski definition) is 3. The molecule has 0 aliphatic heterocycles. The molecule has 0 aliphatic rings. The zero-order chi connectivity index (χ0) is 12.6. The minimum absolute atomic E-state index is 0.0486. The fraction of sp³-hybridized carbons (Fsp3) is 0.364. The van der Waals surface area contributed by atoms with Gasteiger partial charge in [0.2, 0.25) is 0 Å². The van der Waals surface area contributed by atoms with Gasteiger partial charge in [-0.25, -0.2) is 4.79 Å². The van der Waals surface area contributed by atoms with Crippen LogP contribution in [0, 0.1) is 0 Å². The number of rotatable bonds is 2. The zero-order valence-corrected chi connectivity index (χ0v) is 9.38. The van der Waals surface area contributed by atoms with Gasteiger partial charge in [0.15, 0.2) is 0 Å². The Balaban J connectivity index is 0.000000281. The molecule has 16 heavy (non-hydrogen) atoms. The molecule has 5 nitrogen and oxygen atoms in total. The Bertz CT molecular complexity index is 310. The van der Waals surface area contributed by atoms with Gasteiger partial charge < -0.3 is 20.7 Å². The summed E-state index contributed by atoms with van der Waals surface area (Å²) in [6.07, 6.45) is 0.0648. The highest BCUT2D eigenvalue weighted by Crippen LogP contribution is 2.14. The molecule has 0 saturated heterocycles. The second-order valence-electron chi connectivity index (χ2n) is 3.18. The standard InChI is InChI=1S/C6H6O2.C5H11NO2/c7-5-2-1-3-6(8)4-5;1-3-4(2)8-5(6)7/h1-4,7-8H;4H,3H2,1-2H3,(H2,6,7). The van der Waals surface area contributed by atoms with Crippen LogP contribution in [0.1, 0.15) is 20.3 Å². The normalized spacial score (nSPS) is 10.9. The maximum absolute atomic E-state index is 9.97. The molecule has 1 rings (SSSR count). The zero-order valence-electron chi connectivity index (χ0n) is 9.38. The van der Waals surface area contributed by atoms with Crippen molar-refractivity contribution in [1.82, 2.24) is 0 Å². The maximum atomic E-state index is 9.97. The largest absolute Gasteiger partial charge is 0.508 e. The molecule has 1 unspecified atom stereocenters. The van der Waals surface area contributed by atoms with E-state index < -0.39 is 6.09 Å². The second-order valence-corrected chi connectivity index (χ2v) is 3.18. The van der Waals surface area contributed by atoms with Crippen molar-refractivity contribution in [3.05, 3.63) is 24.3 Å². The van der Waals surface area contributed by atoms with Crippen molar-refractivity contribution in [3.8, 4) is 11.5 Å². The molecule has 0 fully saturated rings. The van der Waals surface area contributed by atoms with Crippen molar-refractivity contribution in [2.75, 3.05) is 0 Å². The monoisotopic (exact) mass is 227 g/mol. The van der Waals surface area contributed by atoms with Gasteiger partial charge in [-0.1, -0.05) is 13.0 Å². The van der Waals surface area contributed by atoms with E-state index in [1.807, 2.05) is 6.92 Å². The average Bonchev–Trinajstić information content (AvgIpc) is 2.17. The molecule has 1 atom stereocenters. The summed E-state index contributed by atoms with van der Waals surface area (Å²) in [6.45, 7) is 3.72. The van der Waals surface area contributed by atoms with Crippen LogP contribution in [0.3, 0.4) is 0 Å². The molecular weight excluding hydrogens is 210 g/mol. The van der Waals surface area contributed by atoms with E-state index in [0.717, 1.165) is 6.42 Å². The summed E-state index contributed by atoms with van der Waals surface area (Å²) in [5.41, 5.74) is 4.71. The van der Waals surface area contributed by atoms with Gasteiger partial charge in [0, 0.05) is 6.07 Å². The summed E-state index contributed by atoms with van der Waals surface area (Å²) in [7, 11) is 0. The summed E-state index contributed by atoms with van der Waals surface area (Å²) in [4.78, 5) is 9.97. The summed E-state index contributed by atoms with van der Waals surface area (Å²) in [5, 5.41) is 17.3. The summed E-state index contributed by atoms with van der Waals surface area (Å²) in [5.74, 6) is 0.176. The molecule has 1 amide bonds. The number of phenolic OH excluding ortho intramolecular Hbond substituents is 2. The third kappa shape index (κ3) is 7.49. The van der Waals surface area contributed by atoms with E-state index in [9.17, 15) is 4.79 Å². The van der Waals surface area contributed by atoms with Crippen LogP contribution < -0.4 is 5.73 Å². The van der Waals surface area contributed by atoms with E-state index in [4.69, 9.17) is 15.9 Å². The number of nitrogens with two attached hydrogens (primary N) is 1. The first kappa shape index (κ1) is 14.1. The first-order valence-electron chi connectivity index (χ1n) is 4.89. The molecule has 1 aromatic carbocycles. The number of benzene rings is 1. The molecule has 0 radical (unpaired) electrons. The third-order valence-corrected chi connectivity index (χ3v) is 1.72. The molecule has 0 saturated carbocycles. The quantitative estimate of drug-likeness (QED) is 0.720. The SMILES string of the molecule is CCC(C)OC(N)=O.Oc1cccc(O)c1. The minimum Gasteiger partial charge on any atom is -0.508 e.